The van der Waals surface area contributed by atoms with Gasteiger partial charge < -0.3 is 10.6 Å². The molecule has 1 aromatic rings. The number of rotatable bonds is 3. The van der Waals surface area contributed by atoms with Crippen LogP contribution in [0.2, 0.25) is 0 Å². The molecule has 1 aromatic heterocycles. The zero-order chi connectivity index (χ0) is 13.1. The summed E-state index contributed by atoms with van der Waals surface area (Å²) in [7, 11) is 1.80. The highest BCUT2D eigenvalue weighted by atomic mass is 16.6. The van der Waals surface area contributed by atoms with Gasteiger partial charge in [0.05, 0.1) is 0 Å². The quantitative estimate of drug-likeness (QED) is 0.884. The van der Waals surface area contributed by atoms with E-state index in [1.54, 1.807) is 11.9 Å². The van der Waals surface area contributed by atoms with Gasteiger partial charge in [-0.25, -0.2) is 4.63 Å². The zero-order valence-electron chi connectivity index (χ0n) is 10.9. The highest BCUT2D eigenvalue weighted by Crippen LogP contribution is 2.29. The Labute approximate surface area is 106 Å². The van der Waals surface area contributed by atoms with Gasteiger partial charge in [0.2, 0.25) is 11.5 Å². The first-order chi connectivity index (χ1) is 8.63. The summed E-state index contributed by atoms with van der Waals surface area (Å²) in [5.74, 6) is 0.673. The van der Waals surface area contributed by atoms with E-state index in [1.807, 2.05) is 0 Å². The van der Waals surface area contributed by atoms with Crippen LogP contribution >= 0.6 is 0 Å². The summed E-state index contributed by atoms with van der Waals surface area (Å²) in [6.45, 7) is 2.22. The van der Waals surface area contributed by atoms with Crippen molar-refractivity contribution >= 4 is 11.7 Å². The molecule has 1 amide bonds. The molecular formula is C12H20N4O2. The second-order valence-electron chi connectivity index (χ2n) is 5.00. The summed E-state index contributed by atoms with van der Waals surface area (Å²) in [6, 6.07) is 0.274. The summed E-state index contributed by atoms with van der Waals surface area (Å²) in [6.07, 6.45) is 5.69. The molecule has 0 aromatic carbocycles. The Bertz CT molecular complexity index is 410. The SMILES string of the molecule is CCC1CCC(N(C)C(=O)c2nonc2N)CC1. The van der Waals surface area contributed by atoms with E-state index in [0.717, 1.165) is 18.8 Å². The van der Waals surface area contributed by atoms with Crippen molar-refractivity contribution in [3.8, 4) is 0 Å². The first-order valence-electron chi connectivity index (χ1n) is 6.48. The number of hydrogen-bond donors (Lipinski definition) is 1. The van der Waals surface area contributed by atoms with Crippen LogP contribution in [0.3, 0.4) is 0 Å². The smallest absolute Gasteiger partial charge is 0.280 e. The van der Waals surface area contributed by atoms with Crippen molar-refractivity contribution in [2.24, 2.45) is 5.92 Å². The average molecular weight is 252 g/mol. The Hall–Kier alpha value is -1.59. The van der Waals surface area contributed by atoms with Crippen LogP contribution in [0, 0.1) is 5.92 Å². The minimum absolute atomic E-state index is 0.0640. The van der Waals surface area contributed by atoms with E-state index in [0.29, 0.717) is 0 Å². The van der Waals surface area contributed by atoms with E-state index >= 15 is 0 Å². The van der Waals surface area contributed by atoms with E-state index in [1.165, 1.54) is 19.3 Å². The third-order valence-corrected chi connectivity index (χ3v) is 3.98. The zero-order valence-corrected chi connectivity index (χ0v) is 10.9. The molecule has 0 spiro atoms. The molecule has 0 bridgehead atoms. The van der Waals surface area contributed by atoms with Gasteiger partial charge in [-0.1, -0.05) is 13.3 Å². The standard InChI is InChI=1S/C12H20N4O2/c1-3-8-4-6-9(7-5-8)16(2)12(17)10-11(13)15-18-14-10/h8-9H,3-7H2,1-2H3,(H2,13,15). The predicted molar refractivity (Wildman–Crippen MR) is 66.8 cm³/mol. The lowest BCUT2D eigenvalue weighted by Crippen LogP contribution is -2.39. The predicted octanol–water partition coefficient (Wildman–Crippen LogP) is 1.69. The molecule has 0 unspecified atom stereocenters. The highest BCUT2D eigenvalue weighted by Gasteiger charge is 2.29. The van der Waals surface area contributed by atoms with Crippen LogP contribution in [0.15, 0.2) is 4.63 Å². The molecule has 0 atom stereocenters. The maximum Gasteiger partial charge on any atom is 0.280 e. The fraction of sp³-hybridized carbons (Fsp3) is 0.750. The molecule has 18 heavy (non-hydrogen) atoms. The van der Waals surface area contributed by atoms with E-state index in [9.17, 15) is 4.79 Å². The lowest BCUT2D eigenvalue weighted by molar-refractivity contribution is 0.0664. The number of carbonyl (C=O) groups excluding carboxylic acids is 1. The maximum absolute atomic E-state index is 12.2. The Morgan fingerprint density at radius 2 is 2.06 bits per heavy atom. The van der Waals surface area contributed by atoms with Crippen LogP contribution in [-0.4, -0.2) is 34.2 Å². The molecule has 0 aliphatic heterocycles. The fourth-order valence-electron chi connectivity index (χ4n) is 2.62. The topological polar surface area (TPSA) is 85.2 Å². The van der Waals surface area contributed by atoms with Gasteiger partial charge in [0.25, 0.3) is 5.91 Å². The Kier molecular flexibility index (Phi) is 3.84. The van der Waals surface area contributed by atoms with Crippen molar-refractivity contribution in [1.82, 2.24) is 15.2 Å². The highest BCUT2D eigenvalue weighted by molar-refractivity contribution is 5.96. The normalized spacial score (nSPS) is 23.9. The van der Waals surface area contributed by atoms with Gasteiger partial charge in [-0.15, -0.1) is 0 Å². The summed E-state index contributed by atoms with van der Waals surface area (Å²) in [4.78, 5) is 13.9. The van der Waals surface area contributed by atoms with Crippen molar-refractivity contribution in [3.63, 3.8) is 0 Å². The van der Waals surface area contributed by atoms with E-state index in [4.69, 9.17) is 5.73 Å². The first-order valence-corrected chi connectivity index (χ1v) is 6.48. The minimum atomic E-state index is -0.200. The molecule has 1 saturated carbocycles. The van der Waals surface area contributed by atoms with Crippen molar-refractivity contribution < 1.29 is 9.42 Å². The van der Waals surface area contributed by atoms with E-state index in [2.05, 4.69) is 21.9 Å². The third kappa shape index (κ3) is 2.47. The number of carbonyl (C=O) groups is 1. The number of nitrogen functional groups attached to an aromatic ring is 1. The molecule has 6 heteroatoms. The van der Waals surface area contributed by atoms with Gasteiger partial charge in [-0.3, -0.25) is 4.79 Å². The first kappa shape index (κ1) is 12.9. The number of nitrogens with zero attached hydrogens (tertiary/aromatic N) is 3. The molecule has 1 heterocycles. The van der Waals surface area contributed by atoms with Crippen LogP contribution in [0.25, 0.3) is 0 Å². The summed E-state index contributed by atoms with van der Waals surface area (Å²) >= 11 is 0. The Morgan fingerprint density at radius 1 is 1.39 bits per heavy atom. The van der Waals surface area contributed by atoms with Gasteiger partial charge >= 0.3 is 0 Å². The van der Waals surface area contributed by atoms with Gasteiger partial charge in [0, 0.05) is 13.1 Å². The molecule has 2 N–H and O–H groups in total. The Morgan fingerprint density at radius 3 is 2.56 bits per heavy atom. The third-order valence-electron chi connectivity index (χ3n) is 3.98. The molecule has 6 nitrogen and oxygen atoms in total. The minimum Gasteiger partial charge on any atom is -0.379 e. The number of nitrogens with two attached hydrogens (primary N) is 1. The van der Waals surface area contributed by atoms with Gasteiger partial charge in [-0.05, 0) is 41.9 Å². The lowest BCUT2D eigenvalue weighted by Gasteiger charge is -2.34. The fourth-order valence-corrected chi connectivity index (χ4v) is 2.62. The number of anilines is 1. The summed E-state index contributed by atoms with van der Waals surface area (Å²) in [5.41, 5.74) is 5.66. The van der Waals surface area contributed by atoms with Gasteiger partial charge in [0.1, 0.15) is 0 Å². The van der Waals surface area contributed by atoms with E-state index in [-0.39, 0.29) is 23.5 Å². The molecule has 1 fully saturated rings. The second kappa shape index (κ2) is 5.37. The number of aromatic nitrogens is 2. The van der Waals surface area contributed by atoms with Crippen molar-refractivity contribution in [1.29, 1.82) is 0 Å². The van der Waals surface area contributed by atoms with Crippen molar-refractivity contribution in [2.45, 2.75) is 45.1 Å². The van der Waals surface area contributed by atoms with Crippen LogP contribution in [-0.2, 0) is 0 Å². The summed E-state index contributed by atoms with van der Waals surface area (Å²) < 4.78 is 4.47. The molecule has 2 rings (SSSR count). The molecule has 100 valence electrons. The van der Waals surface area contributed by atoms with Gasteiger partial charge in [0.15, 0.2) is 0 Å². The van der Waals surface area contributed by atoms with Crippen molar-refractivity contribution in [2.75, 3.05) is 12.8 Å². The Balaban J connectivity index is 1.98. The molecular weight excluding hydrogens is 232 g/mol. The molecule has 1 aliphatic rings. The van der Waals surface area contributed by atoms with E-state index < -0.39 is 0 Å². The maximum atomic E-state index is 12.2. The second-order valence-corrected chi connectivity index (χ2v) is 5.00. The summed E-state index contributed by atoms with van der Waals surface area (Å²) in [5, 5.41) is 7.00. The molecule has 0 radical (unpaired) electrons. The largest absolute Gasteiger partial charge is 0.379 e. The molecule has 1 aliphatic carbocycles. The van der Waals surface area contributed by atoms with Crippen molar-refractivity contribution in [3.05, 3.63) is 5.69 Å². The number of hydrogen-bond acceptors (Lipinski definition) is 5. The monoisotopic (exact) mass is 252 g/mol. The lowest BCUT2D eigenvalue weighted by atomic mass is 9.84. The van der Waals surface area contributed by atoms with Crippen LogP contribution in [0.1, 0.15) is 49.5 Å². The number of amides is 1. The van der Waals surface area contributed by atoms with Crippen LogP contribution < -0.4 is 5.73 Å². The van der Waals surface area contributed by atoms with Crippen LogP contribution in [0.5, 0.6) is 0 Å². The molecule has 0 saturated heterocycles. The van der Waals surface area contributed by atoms with Crippen LogP contribution in [0.4, 0.5) is 5.82 Å². The van der Waals surface area contributed by atoms with Gasteiger partial charge in [-0.2, -0.15) is 0 Å². The average Bonchev–Trinajstić information content (AvgIpc) is 2.83.